The molecule has 0 aliphatic heterocycles. The highest BCUT2D eigenvalue weighted by molar-refractivity contribution is 7.92. The molecule has 3 aromatic carbocycles. The minimum atomic E-state index is -3.84. The number of anilines is 2. The van der Waals surface area contributed by atoms with Gasteiger partial charge in [-0.1, -0.05) is 54.4 Å². The van der Waals surface area contributed by atoms with E-state index in [2.05, 4.69) is 17.0 Å². The first-order valence-electron chi connectivity index (χ1n) is 9.22. The van der Waals surface area contributed by atoms with Crippen LogP contribution < -0.4 is 10.0 Å². The Balaban J connectivity index is 1.63. The van der Waals surface area contributed by atoms with Crippen LogP contribution >= 0.6 is 23.2 Å². The third-order valence-corrected chi connectivity index (χ3v) is 6.16. The number of hydrogen-bond acceptors (Lipinski definition) is 3. The van der Waals surface area contributed by atoms with Gasteiger partial charge >= 0.3 is 0 Å². The zero-order valence-electron chi connectivity index (χ0n) is 16.2. The SMILES string of the molecule is CCc1ccc(NC(=O)Cc2ccc(NS(=O)(=O)c3cc(Cl)cc(Cl)c3)cc2)cc1. The van der Waals surface area contributed by atoms with Gasteiger partial charge in [-0.05, 0) is 60.0 Å². The largest absolute Gasteiger partial charge is 0.326 e. The lowest BCUT2D eigenvalue weighted by atomic mass is 10.1. The summed E-state index contributed by atoms with van der Waals surface area (Å²) < 4.78 is 27.5. The maximum absolute atomic E-state index is 12.5. The molecule has 156 valence electrons. The van der Waals surface area contributed by atoms with Crippen molar-refractivity contribution in [3.8, 4) is 0 Å². The van der Waals surface area contributed by atoms with E-state index in [1.165, 1.54) is 23.8 Å². The van der Waals surface area contributed by atoms with Crippen molar-refractivity contribution < 1.29 is 13.2 Å². The Hall–Kier alpha value is -2.54. The number of carbonyl (C=O) groups is 1. The van der Waals surface area contributed by atoms with Gasteiger partial charge in [0.1, 0.15) is 0 Å². The van der Waals surface area contributed by atoms with Crippen LogP contribution in [0.4, 0.5) is 11.4 Å². The van der Waals surface area contributed by atoms with Crippen molar-refractivity contribution in [3.63, 3.8) is 0 Å². The molecule has 0 atom stereocenters. The molecule has 3 rings (SSSR count). The molecule has 0 fully saturated rings. The Morgan fingerprint density at radius 2 is 1.37 bits per heavy atom. The number of aryl methyl sites for hydroxylation is 1. The van der Waals surface area contributed by atoms with Gasteiger partial charge in [-0.25, -0.2) is 8.42 Å². The van der Waals surface area contributed by atoms with Crippen molar-refractivity contribution in [2.75, 3.05) is 10.0 Å². The van der Waals surface area contributed by atoms with Gasteiger partial charge in [0.25, 0.3) is 10.0 Å². The maximum atomic E-state index is 12.5. The highest BCUT2D eigenvalue weighted by Gasteiger charge is 2.16. The zero-order valence-corrected chi connectivity index (χ0v) is 18.5. The second-order valence-corrected chi connectivity index (χ2v) is 9.24. The van der Waals surface area contributed by atoms with Crippen LogP contribution in [0.15, 0.2) is 71.6 Å². The van der Waals surface area contributed by atoms with E-state index >= 15 is 0 Å². The van der Waals surface area contributed by atoms with Crippen LogP contribution in [-0.2, 0) is 27.7 Å². The highest BCUT2D eigenvalue weighted by Crippen LogP contribution is 2.24. The molecule has 0 aliphatic rings. The summed E-state index contributed by atoms with van der Waals surface area (Å²) in [6.45, 7) is 2.07. The monoisotopic (exact) mass is 462 g/mol. The molecule has 8 heteroatoms. The van der Waals surface area contributed by atoms with Crippen molar-refractivity contribution in [3.05, 3.63) is 87.9 Å². The van der Waals surface area contributed by atoms with Crippen LogP contribution in [0.3, 0.4) is 0 Å². The molecule has 0 unspecified atom stereocenters. The number of rotatable bonds is 7. The fourth-order valence-electron chi connectivity index (χ4n) is 2.80. The molecule has 0 aromatic heterocycles. The molecule has 3 aromatic rings. The summed E-state index contributed by atoms with van der Waals surface area (Å²) in [4.78, 5) is 12.2. The fourth-order valence-corrected chi connectivity index (χ4v) is 4.59. The Bertz CT molecular complexity index is 1130. The van der Waals surface area contributed by atoms with Gasteiger partial charge < -0.3 is 5.32 Å². The Morgan fingerprint density at radius 1 is 0.833 bits per heavy atom. The summed E-state index contributed by atoms with van der Waals surface area (Å²) in [6.07, 6.45) is 1.11. The molecule has 0 spiro atoms. The molecule has 1 amide bonds. The van der Waals surface area contributed by atoms with Gasteiger partial charge in [-0.3, -0.25) is 9.52 Å². The lowest BCUT2D eigenvalue weighted by Crippen LogP contribution is -2.15. The number of amides is 1. The second kappa shape index (κ2) is 9.51. The molecular formula is C22H20Cl2N2O3S. The van der Waals surface area contributed by atoms with E-state index in [0.29, 0.717) is 5.69 Å². The standard InChI is InChI=1S/C22H20Cl2N2O3S/c1-2-15-3-7-19(8-4-15)25-22(27)11-16-5-9-20(10-6-16)26-30(28,29)21-13-17(23)12-18(24)14-21/h3-10,12-14,26H,2,11H2,1H3,(H,25,27). The molecule has 5 nitrogen and oxygen atoms in total. The third kappa shape index (κ3) is 5.98. The number of sulfonamides is 1. The summed E-state index contributed by atoms with van der Waals surface area (Å²) in [7, 11) is -3.84. The lowest BCUT2D eigenvalue weighted by Gasteiger charge is -2.10. The van der Waals surface area contributed by atoms with E-state index in [0.717, 1.165) is 17.7 Å². The molecule has 0 heterocycles. The first kappa shape index (κ1) is 22.2. The summed E-state index contributed by atoms with van der Waals surface area (Å²) >= 11 is 11.8. The topological polar surface area (TPSA) is 75.3 Å². The van der Waals surface area contributed by atoms with Crippen LogP contribution in [0.5, 0.6) is 0 Å². The van der Waals surface area contributed by atoms with E-state index in [1.54, 1.807) is 24.3 Å². The van der Waals surface area contributed by atoms with Gasteiger partial charge in [0.05, 0.1) is 11.3 Å². The van der Waals surface area contributed by atoms with E-state index < -0.39 is 10.0 Å². The normalized spacial score (nSPS) is 11.2. The summed E-state index contributed by atoms with van der Waals surface area (Å²) in [5.74, 6) is -0.152. The number of carbonyl (C=O) groups excluding carboxylic acids is 1. The average Bonchev–Trinajstić information content (AvgIpc) is 2.69. The first-order valence-corrected chi connectivity index (χ1v) is 11.5. The van der Waals surface area contributed by atoms with Crippen molar-refractivity contribution >= 4 is 50.5 Å². The first-order chi connectivity index (χ1) is 14.2. The quantitative estimate of drug-likeness (QED) is 0.483. The van der Waals surface area contributed by atoms with Crippen molar-refractivity contribution in [2.24, 2.45) is 0 Å². The summed E-state index contributed by atoms with van der Waals surface area (Å²) in [5.41, 5.74) is 3.06. The van der Waals surface area contributed by atoms with E-state index in [-0.39, 0.29) is 27.3 Å². The van der Waals surface area contributed by atoms with E-state index in [4.69, 9.17) is 23.2 Å². The van der Waals surface area contributed by atoms with Crippen molar-refractivity contribution in [2.45, 2.75) is 24.7 Å². The molecule has 2 N–H and O–H groups in total. The van der Waals surface area contributed by atoms with Gasteiger partial charge in [-0.2, -0.15) is 0 Å². The number of benzene rings is 3. The predicted octanol–water partition coefficient (Wildman–Crippen LogP) is 5.54. The Kier molecular flexibility index (Phi) is 7.02. The van der Waals surface area contributed by atoms with E-state index in [1.807, 2.05) is 24.3 Å². The molecule has 0 aliphatic carbocycles. The van der Waals surface area contributed by atoms with Crippen molar-refractivity contribution in [1.29, 1.82) is 0 Å². The highest BCUT2D eigenvalue weighted by atomic mass is 35.5. The molecule has 0 radical (unpaired) electrons. The van der Waals surface area contributed by atoms with Gasteiger partial charge in [-0.15, -0.1) is 0 Å². The summed E-state index contributed by atoms with van der Waals surface area (Å²) in [6, 6.07) is 18.4. The average molecular weight is 463 g/mol. The van der Waals surface area contributed by atoms with Crippen LogP contribution in [-0.4, -0.2) is 14.3 Å². The van der Waals surface area contributed by atoms with Gasteiger partial charge in [0, 0.05) is 21.4 Å². The zero-order chi connectivity index (χ0) is 21.7. The Labute approximate surface area is 186 Å². The number of nitrogens with one attached hydrogen (secondary N) is 2. The van der Waals surface area contributed by atoms with Crippen LogP contribution in [0, 0.1) is 0 Å². The van der Waals surface area contributed by atoms with Crippen LogP contribution in [0.25, 0.3) is 0 Å². The molecule has 0 saturated heterocycles. The minimum Gasteiger partial charge on any atom is -0.326 e. The van der Waals surface area contributed by atoms with Crippen LogP contribution in [0.1, 0.15) is 18.1 Å². The van der Waals surface area contributed by atoms with Crippen LogP contribution in [0.2, 0.25) is 10.0 Å². The van der Waals surface area contributed by atoms with Crippen molar-refractivity contribution in [1.82, 2.24) is 0 Å². The molecule has 0 saturated carbocycles. The smallest absolute Gasteiger partial charge is 0.261 e. The van der Waals surface area contributed by atoms with E-state index in [9.17, 15) is 13.2 Å². The minimum absolute atomic E-state index is 0.0301. The second-order valence-electron chi connectivity index (χ2n) is 6.68. The predicted molar refractivity (Wildman–Crippen MR) is 122 cm³/mol. The molecular weight excluding hydrogens is 443 g/mol. The molecule has 0 bridgehead atoms. The fraction of sp³-hybridized carbons (Fsp3) is 0.136. The number of halogens is 2. The third-order valence-electron chi connectivity index (χ3n) is 4.36. The lowest BCUT2D eigenvalue weighted by molar-refractivity contribution is -0.115. The Morgan fingerprint density at radius 3 is 1.93 bits per heavy atom. The molecule has 30 heavy (non-hydrogen) atoms. The maximum Gasteiger partial charge on any atom is 0.261 e. The summed E-state index contributed by atoms with van der Waals surface area (Å²) in [5, 5.41) is 3.31. The van der Waals surface area contributed by atoms with Gasteiger partial charge in [0.2, 0.25) is 5.91 Å². The number of hydrogen-bond donors (Lipinski definition) is 2. The van der Waals surface area contributed by atoms with Gasteiger partial charge in [0.15, 0.2) is 0 Å².